The smallest absolute Gasteiger partial charge is 0.340 e. The fourth-order valence-corrected chi connectivity index (χ4v) is 4.57. The van der Waals surface area contributed by atoms with Crippen LogP contribution < -0.4 is 5.73 Å². The number of primary amides is 1. The van der Waals surface area contributed by atoms with Crippen LogP contribution in [0.3, 0.4) is 0 Å². The molecule has 1 aromatic carbocycles. The lowest BCUT2D eigenvalue weighted by molar-refractivity contribution is -0.137. The van der Waals surface area contributed by atoms with Crippen LogP contribution in [0.4, 0.5) is 0 Å². The number of esters is 1. The van der Waals surface area contributed by atoms with Gasteiger partial charge in [-0.15, -0.1) is 0 Å². The molecule has 4 rings (SSSR count). The lowest BCUT2D eigenvalue weighted by Gasteiger charge is -2.48. The van der Waals surface area contributed by atoms with Gasteiger partial charge in [-0.25, -0.2) is 4.79 Å². The predicted octanol–water partition coefficient (Wildman–Crippen LogP) is 1.66. The van der Waals surface area contributed by atoms with Gasteiger partial charge in [0, 0.05) is 18.7 Å². The summed E-state index contributed by atoms with van der Waals surface area (Å²) in [4.78, 5) is 28.9. The molecule has 3 heterocycles. The first-order valence-electron chi connectivity index (χ1n) is 9.21. The van der Waals surface area contributed by atoms with Gasteiger partial charge in [-0.1, -0.05) is 24.6 Å². The maximum absolute atomic E-state index is 12.3. The number of benzene rings is 1. The quantitative estimate of drug-likeness (QED) is 0.845. The molecule has 3 aliphatic rings. The van der Waals surface area contributed by atoms with E-state index in [1.54, 1.807) is 0 Å². The number of rotatable bonds is 3. The standard InChI is InChI=1S/C19H25N3O3/c20-18(24)19(22-10-4-1-5-11-22)8-12-21(13-9-19)16-14-6-2-3-7-15(14)17(23)25-16/h2-3,6-7,16H,1,4-5,8-13H2,(H2,20,24)/t16-/m0/s1. The fourth-order valence-electron chi connectivity index (χ4n) is 4.57. The summed E-state index contributed by atoms with van der Waals surface area (Å²) >= 11 is 0. The average molecular weight is 343 g/mol. The molecule has 25 heavy (non-hydrogen) atoms. The maximum atomic E-state index is 12.3. The molecule has 1 amide bonds. The molecule has 2 fully saturated rings. The Kier molecular flexibility index (Phi) is 4.25. The van der Waals surface area contributed by atoms with Gasteiger partial charge in [0.15, 0.2) is 6.23 Å². The van der Waals surface area contributed by atoms with Crippen LogP contribution in [0, 0.1) is 0 Å². The maximum Gasteiger partial charge on any atom is 0.340 e. The van der Waals surface area contributed by atoms with Crippen molar-refractivity contribution in [2.24, 2.45) is 5.73 Å². The third-order valence-electron chi connectivity index (χ3n) is 6.04. The molecule has 0 aliphatic carbocycles. The minimum atomic E-state index is -0.543. The monoisotopic (exact) mass is 343 g/mol. The van der Waals surface area contributed by atoms with E-state index in [0.717, 1.165) is 31.5 Å². The second kappa shape index (κ2) is 6.42. The Hall–Kier alpha value is -1.92. The SMILES string of the molecule is NC(=O)C1(N2CCCCC2)CCN([C@H]2OC(=O)c3ccccc32)CC1. The van der Waals surface area contributed by atoms with Gasteiger partial charge in [-0.05, 0) is 44.8 Å². The molecule has 2 N–H and O–H groups in total. The van der Waals surface area contributed by atoms with Gasteiger partial charge in [-0.2, -0.15) is 0 Å². The molecule has 6 heteroatoms. The molecule has 1 atom stereocenters. The number of cyclic esters (lactones) is 1. The normalized spacial score (nSPS) is 26.9. The molecule has 0 radical (unpaired) electrons. The zero-order chi connectivity index (χ0) is 17.4. The molecule has 134 valence electrons. The summed E-state index contributed by atoms with van der Waals surface area (Å²) in [6, 6.07) is 7.54. The van der Waals surface area contributed by atoms with Crippen molar-refractivity contribution < 1.29 is 14.3 Å². The lowest BCUT2D eigenvalue weighted by Crippen LogP contribution is -2.63. The van der Waals surface area contributed by atoms with E-state index < -0.39 is 5.54 Å². The first kappa shape index (κ1) is 16.5. The number of hydrogen-bond acceptors (Lipinski definition) is 5. The Morgan fingerprint density at radius 2 is 1.76 bits per heavy atom. The van der Waals surface area contributed by atoms with Gasteiger partial charge in [-0.3, -0.25) is 14.6 Å². The third-order valence-corrected chi connectivity index (χ3v) is 6.04. The van der Waals surface area contributed by atoms with Crippen LogP contribution in [0.2, 0.25) is 0 Å². The predicted molar refractivity (Wildman–Crippen MR) is 92.8 cm³/mol. The van der Waals surface area contributed by atoms with Crippen molar-refractivity contribution in [2.75, 3.05) is 26.2 Å². The molecule has 0 spiro atoms. The molecular formula is C19H25N3O3. The number of carbonyl (C=O) groups is 2. The highest BCUT2D eigenvalue weighted by molar-refractivity contribution is 5.93. The first-order valence-corrected chi connectivity index (χ1v) is 9.21. The minimum absolute atomic E-state index is 0.210. The number of carbonyl (C=O) groups excluding carboxylic acids is 2. The summed E-state index contributed by atoms with van der Waals surface area (Å²) < 4.78 is 5.60. The van der Waals surface area contributed by atoms with Crippen LogP contribution in [0.15, 0.2) is 24.3 Å². The fraction of sp³-hybridized carbons (Fsp3) is 0.579. The summed E-state index contributed by atoms with van der Waals surface area (Å²) in [5.74, 6) is -0.471. The third kappa shape index (κ3) is 2.73. The molecule has 0 saturated carbocycles. The molecule has 2 saturated heterocycles. The number of nitrogens with zero attached hydrogens (tertiary/aromatic N) is 2. The number of amides is 1. The number of ether oxygens (including phenoxy) is 1. The molecule has 0 bridgehead atoms. The Balaban J connectivity index is 1.51. The zero-order valence-electron chi connectivity index (χ0n) is 14.4. The summed E-state index contributed by atoms with van der Waals surface area (Å²) in [5.41, 5.74) is 6.88. The van der Waals surface area contributed by atoms with Crippen molar-refractivity contribution in [3.63, 3.8) is 0 Å². The topological polar surface area (TPSA) is 75.9 Å². The van der Waals surface area contributed by atoms with Crippen LogP contribution in [-0.4, -0.2) is 53.4 Å². The van der Waals surface area contributed by atoms with E-state index >= 15 is 0 Å². The minimum Gasteiger partial charge on any atom is -0.438 e. The summed E-state index contributed by atoms with van der Waals surface area (Å²) in [6.07, 6.45) is 4.54. The van der Waals surface area contributed by atoms with Crippen molar-refractivity contribution in [3.8, 4) is 0 Å². The van der Waals surface area contributed by atoms with Crippen LogP contribution >= 0.6 is 0 Å². The van der Waals surface area contributed by atoms with Crippen molar-refractivity contribution in [3.05, 3.63) is 35.4 Å². The molecule has 1 aromatic rings. The molecule has 3 aliphatic heterocycles. The van der Waals surface area contributed by atoms with E-state index in [1.807, 2.05) is 24.3 Å². The van der Waals surface area contributed by atoms with Crippen molar-refractivity contribution in [2.45, 2.75) is 43.9 Å². The Bertz CT molecular complexity index is 676. The number of hydrogen-bond donors (Lipinski definition) is 1. The van der Waals surface area contributed by atoms with Crippen LogP contribution in [0.1, 0.15) is 54.3 Å². The highest BCUT2D eigenvalue weighted by atomic mass is 16.6. The Morgan fingerprint density at radius 1 is 1.08 bits per heavy atom. The van der Waals surface area contributed by atoms with Gasteiger partial charge >= 0.3 is 5.97 Å². The molecule has 6 nitrogen and oxygen atoms in total. The van der Waals surface area contributed by atoms with Gasteiger partial charge in [0.05, 0.1) is 5.56 Å². The van der Waals surface area contributed by atoms with Crippen molar-refractivity contribution >= 4 is 11.9 Å². The van der Waals surface area contributed by atoms with Gasteiger partial charge < -0.3 is 10.5 Å². The number of fused-ring (bicyclic) bond motifs is 1. The van der Waals surface area contributed by atoms with Crippen LogP contribution in [-0.2, 0) is 9.53 Å². The van der Waals surface area contributed by atoms with E-state index in [4.69, 9.17) is 10.5 Å². The largest absolute Gasteiger partial charge is 0.438 e. The molecular weight excluding hydrogens is 318 g/mol. The van der Waals surface area contributed by atoms with Crippen molar-refractivity contribution in [1.29, 1.82) is 0 Å². The van der Waals surface area contributed by atoms with E-state index in [1.165, 1.54) is 6.42 Å². The van der Waals surface area contributed by atoms with E-state index in [9.17, 15) is 9.59 Å². The number of likely N-dealkylation sites (tertiary alicyclic amines) is 2. The zero-order valence-corrected chi connectivity index (χ0v) is 14.4. The van der Waals surface area contributed by atoms with Crippen LogP contribution in [0.25, 0.3) is 0 Å². The van der Waals surface area contributed by atoms with E-state index in [2.05, 4.69) is 9.80 Å². The van der Waals surface area contributed by atoms with Crippen LogP contribution in [0.5, 0.6) is 0 Å². The highest BCUT2D eigenvalue weighted by Crippen LogP contribution is 2.38. The summed E-state index contributed by atoms with van der Waals surface area (Å²) in [6.45, 7) is 3.30. The summed E-state index contributed by atoms with van der Waals surface area (Å²) in [7, 11) is 0. The van der Waals surface area contributed by atoms with E-state index in [-0.39, 0.29) is 18.1 Å². The Morgan fingerprint density at radius 3 is 2.44 bits per heavy atom. The molecule has 0 unspecified atom stereocenters. The lowest BCUT2D eigenvalue weighted by atomic mass is 9.83. The average Bonchev–Trinajstić information content (AvgIpc) is 2.99. The highest BCUT2D eigenvalue weighted by Gasteiger charge is 2.47. The first-order chi connectivity index (χ1) is 12.1. The second-order valence-corrected chi connectivity index (χ2v) is 7.32. The second-order valence-electron chi connectivity index (χ2n) is 7.32. The van der Waals surface area contributed by atoms with Gasteiger partial charge in [0.1, 0.15) is 5.54 Å². The summed E-state index contributed by atoms with van der Waals surface area (Å²) in [5, 5.41) is 0. The molecule has 0 aromatic heterocycles. The van der Waals surface area contributed by atoms with E-state index in [0.29, 0.717) is 31.5 Å². The number of nitrogens with two attached hydrogens (primary N) is 1. The van der Waals surface area contributed by atoms with Gasteiger partial charge in [0.25, 0.3) is 0 Å². The Labute approximate surface area is 147 Å². The number of piperidine rings is 2. The van der Waals surface area contributed by atoms with Crippen molar-refractivity contribution in [1.82, 2.24) is 9.80 Å². The van der Waals surface area contributed by atoms with Gasteiger partial charge in [0.2, 0.25) is 5.91 Å².